The number of fused-ring (bicyclic) bond motifs is 1. The van der Waals surface area contributed by atoms with Crippen molar-refractivity contribution in [1.29, 1.82) is 0 Å². The Morgan fingerprint density at radius 1 is 1.17 bits per heavy atom. The molecule has 1 fully saturated rings. The van der Waals surface area contributed by atoms with Gasteiger partial charge in [0.25, 0.3) is 5.91 Å². The number of ether oxygens (including phenoxy) is 1. The van der Waals surface area contributed by atoms with Crippen molar-refractivity contribution < 1.29 is 19.1 Å². The first-order valence-electron chi connectivity index (χ1n) is 10.0. The maximum absolute atomic E-state index is 12.8. The zero-order valence-corrected chi connectivity index (χ0v) is 16.3. The van der Waals surface area contributed by atoms with Gasteiger partial charge in [0.2, 0.25) is 11.8 Å². The van der Waals surface area contributed by atoms with Crippen LogP contribution in [0.25, 0.3) is 10.4 Å². The fourth-order valence-electron chi connectivity index (χ4n) is 3.73. The Morgan fingerprint density at radius 3 is 2.76 bits per heavy atom. The number of amides is 3. The summed E-state index contributed by atoms with van der Waals surface area (Å²) < 4.78 is 5.92. The Kier molecular flexibility index (Phi) is 7.08. The van der Waals surface area contributed by atoms with Crippen LogP contribution in [0.3, 0.4) is 0 Å². The number of nitrogens with zero attached hydrogens (tertiary/aromatic N) is 4. The SMILES string of the molecule is [N-]=[N+]=NCCCCCCCOc1cccc2c1CN(C1CCC(=O)NC1=O)C2=O. The predicted octanol–water partition coefficient (Wildman–Crippen LogP) is 3.09. The van der Waals surface area contributed by atoms with Crippen molar-refractivity contribution >= 4 is 17.7 Å². The van der Waals surface area contributed by atoms with Crippen molar-refractivity contribution in [2.24, 2.45) is 5.11 Å². The summed E-state index contributed by atoms with van der Waals surface area (Å²) in [5.41, 5.74) is 9.59. The van der Waals surface area contributed by atoms with Gasteiger partial charge in [0, 0.05) is 29.0 Å². The van der Waals surface area contributed by atoms with Gasteiger partial charge in [-0.2, -0.15) is 0 Å². The smallest absolute Gasteiger partial charge is 0.255 e. The number of benzene rings is 1. The van der Waals surface area contributed by atoms with Gasteiger partial charge < -0.3 is 9.64 Å². The van der Waals surface area contributed by atoms with Gasteiger partial charge >= 0.3 is 0 Å². The minimum absolute atomic E-state index is 0.194. The van der Waals surface area contributed by atoms with Gasteiger partial charge in [-0.25, -0.2) is 0 Å². The second-order valence-electron chi connectivity index (χ2n) is 7.25. The van der Waals surface area contributed by atoms with Crippen molar-refractivity contribution in [3.8, 4) is 5.75 Å². The molecular formula is C20H25N5O4. The predicted molar refractivity (Wildman–Crippen MR) is 105 cm³/mol. The van der Waals surface area contributed by atoms with E-state index in [0.29, 0.717) is 37.4 Å². The molecule has 1 unspecified atom stereocenters. The average molecular weight is 399 g/mol. The fourth-order valence-corrected chi connectivity index (χ4v) is 3.73. The van der Waals surface area contributed by atoms with E-state index >= 15 is 0 Å². The molecule has 0 spiro atoms. The highest BCUT2D eigenvalue weighted by atomic mass is 16.5. The second-order valence-corrected chi connectivity index (χ2v) is 7.25. The van der Waals surface area contributed by atoms with Crippen molar-refractivity contribution in [2.75, 3.05) is 13.2 Å². The molecule has 0 radical (unpaired) electrons. The first kappa shape index (κ1) is 20.7. The van der Waals surface area contributed by atoms with Crippen LogP contribution in [0.5, 0.6) is 5.75 Å². The zero-order chi connectivity index (χ0) is 20.6. The van der Waals surface area contributed by atoms with Crippen LogP contribution in [-0.4, -0.2) is 41.8 Å². The van der Waals surface area contributed by atoms with Gasteiger partial charge in [0.1, 0.15) is 11.8 Å². The van der Waals surface area contributed by atoms with Crippen LogP contribution < -0.4 is 10.1 Å². The third-order valence-electron chi connectivity index (χ3n) is 5.26. The van der Waals surface area contributed by atoms with Gasteiger partial charge in [-0.1, -0.05) is 30.4 Å². The number of unbranched alkanes of at least 4 members (excludes halogenated alkanes) is 4. The van der Waals surface area contributed by atoms with Crippen LogP contribution in [0.2, 0.25) is 0 Å². The highest BCUT2D eigenvalue weighted by molar-refractivity contribution is 6.05. The Hall–Kier alpha value is -3.06. The largest absolute Gasteiger partial charge is 0.493 e. The van der Waals surface area contributed by atoms with E-state index in [2.05, 4.69) is 15.3 Å². The number of imide groups is 1. The lowest BCUT2D eigenvalue weighted by atomic mass is 10.0. The van der Waals surface area contributed by atoms with Gasteiger partial charge in [0.15, 0.2) is 0 Å². The van der Waals surface area contributed by atoms with Crippen LogP contribution >= 0.6 is 0 Å². The lowest BCUT2D eigenvalue weighted by Crippen LogP contribution is -2.52. The molecular weight excluding hydrogens is 374 g/mol. The molecule has 1 N–H and O–H groups in total. The molecule has 9 nitrogen and oxygen atoms in total. The summed E-state index contributed by atoms with van der Waals surface area (Å²) in [6.07, 6.45) is 5.48. The third-order valence-corrected chi connectivity index (χ3v) is 5.26. The minimum Gasteiger partial charge on any atom is -0.493 e. The average Bonchev–Trinajstić information content (AvgIpc) is 3.04. The summed E-state index contributed by atoms with van der Waals surface area (Å²) in [4.78, 5) is 40.6. The molecule has 3 amide bonds. The Balaban J connectivity index is 1.51. The van der Waals surface area contributed by atoms with E-state index in [1.165, 1.54) is 4.90 Å². The van der Waals surface area contributed by atoms with E-state index in [4.69, 9.17) is 10.3 Å². The summed E-state index contributed by atoms with van der Waals surface area (Å²) in [5, 5.41) is 5.83. The van der Waals surface area contributed by atoms with E-state index < -0.39 is 11.9 Å². The number of carbonyl (C=O) groups excluding carboxylic acids is 3. The van der Waals surface area contributed by atoms with Crippen LogP contribution in [0.4, 0.5) is 0 Å². The fraction of sp³-hybridized carbons (Fsp3) is 0.550. The summed E-state index contributed by atoms with van der Waals surface area (Å²) in [5.74, 6) is -0.225. The molecule has 3 rings (SSSR count). The molecule has 0 aromatic heterocycles. The number of nitrogens with one attached hydrogen (secondary N) is 1. The molecule has 0 bridgehead atoms. The molecule has 1 saturated heterocycles. The number of rotatable bonds is 10. The number of azide groups is 1. The normalized spacial score (nSPS) is 18.3. The molecule has 1 aromatic carbocycles. The summed E-state index contributed by atoms with van der Waals surface area (Å²) in [6, 6.07) is 4.77. The van der Waals surface area contributed by atoms with Crippen LogP contribution in [0.15, 0.2) is 23.3 Å². The minimum atomic E-state index is -0.620. The van der Waals surface area contributed by atoms with Crippen LogP contribution in [0.1, 0.15) is 60.9 Å². The molecule has 2 aliphatic heterocycles. The highest BCUT2D eigenvalue weighted by Crippen LogP contribution is 2.33. The molecule has 29 heavy (non-hydrogen) atoms. The van der Waals surface area contributed by atoms with E-state index in [0.717, 1.165) is 37.7 Å². The van der Waals surface area contributed by atoms with E-state index in [1.54, 1.807) is 12.1 Å². The van der Waals surface area contributed by atoms with Crippen molar-refractivity contribution in [3.05, 3.63) is 39.8 Å². The number of piperidine rings is 1. The lowest BCUT2D eigenvalue weighted by Gasteiger charge is -2.29. The van der Waals surface area contributed by atoms with Crippen molar-refractivity contribution in [1.82, 2.24) is 10.2 Å². The molecule has 1 atom stereocenters. The standard InChI is InChI=1S/C20H25N5O4/c21-24-22-11-4-2-1-3-5-12-29-17-8-6-7-14-15(17)13-25(20(14)28)16-9-10-18(26)23-19(16)27/h6-8,16H,1-5,9-13H2,(H,23,26,27). The van der Waals surface area contributed by atoms with Crippen molar-refractivity contribution in [2.45, 2.75) is 57.5 Å². The van der Waals surface area contributed by atoms with Gasteiger partial charge in [-0.05, 0) is 36.9 Å². The highest BCUT2D eigenvalue weighted by Gasteiger charge is 2.40. The van der Waals surface area contributed by atoms with Crippen LogP contribution in [-0.2, 0) is 16.1 Å². The zero-order valence-electron chi connectivity index (χ0n) is 16.3. The molecule has 154 valence electrons. The second kappa shape index (κ2) is 9.93. The molecule has 1 aromatic rings. The van der Waals surface area contributed by atoms with E-state index in [1.807, 2.05) is 6.07 Å². The summed E-state index contributed by atoms with van der Waals surface area (Å²) >= 11 is 0. The molecule has 0 saturated carbocycles. The molecule has 0 aliphatic carbocycles. The first-order valence-corrected chi connectivity index (χ1v) is 10.0. The lowest BCUT2D eigenvalue weighted by molar-refractivity contribution is -0.136. The van der Waals surface area contributed by atoms with Gasteiger partial charge in [-0.3, -0.25) is 19.7 Å². The Bertz CT molecular complexity index is 834. The molecule has 2 aliphatic rings. The monoisotopic (exact) mass is 399 g/mol. The third kappa shape index (κ3) is 5.06. The number of hydrogen-bond donors (Lipinski definition) is 1. The maximum Gasteiger partial charge on any atom is 0.255 e. The van der Waals surface area contributed by atoms with Gasteiger partial charge in [0.05, 0.1) is 13.2 Å². The van der Waals surface area contributed by atoms with Crippen LogP contribution in [0, 0.1) is 0 Å². The quantitative estimate of drug-likeness (QED) is 0.213. The Morgan fingerprint density at radius 2 is 1.97 bits per heavy atom. The number of hydrogen-bond acceptors (Lipinski definition) is 5. The molecule has 2 heterocycles. The number of carbonyl (C=O) groups is 3. The first-order chi connectivity index (χ1) is 14.1. The van der Waals surface area contributed by atoms with Crippen molar-refractivity contribution in [3.63, 3.8) is 0 Å². The van der Waals surface area contributed by atoms with E-state index in [9.17, 15) is 14.4 Å². The van der Waals surface area contributed by atoms with E-state index in [-0.39, 0.29) is 18.2 Å². The molecule has 9 heteroatoms. The summed E-state index contributed by atoms with van der Waals surface area (Å²) in [6.45, 7) is 1.41. The summed E-state index contributed by atoms with van der Waals surface area (Å²) in [7, 11) is 0. The topological polar surface area (TPSA) is 124 Å². The van der Waals surface area contributed by atoms with Gasteiger partial charge in [-0.15, -0.1) is 0 Å². The Labute approximate surface area is 169 Å². The maximum atomic E-state index is 12.8.